The zero-order valence-corrected chi connectivity index (χ0v) is 16.1. The lowest BCUT2D eigenvalue weighted by Crippen LogP contribution is -2.26. The summed E-state index contributed by atoms with van der Waals surface area (Å²) in [6, 6.07) is 6.01. The zero-order chi connectivity index (χ0) is 17.4. The molecule has 0 aliphatic rings. The van der Waals surface area contributed by atoms with Gasteiger partial charge in [-0.25, -0.2) is 4.79 Å². The summed E-state index contributed by atoms with van der Waals surface area (Å²) >= 11 is 0. The molecule has 0 bridgehead atoms. The molecular weight excluding hydrogens is 302 g/mol. The van der Waals surface area contributed by atoms with Crippen LogP contribution in [-0.4, -0.2) is 24.3 Å². The molecule has 0 aliphatic carbocycles. The molecule has 0 radical (unpaired) electrons. The van der Waals surface area contributed by atoms with E-state index in [0.717, 1.165) is 22.0 Å². The van der Waals surface area contributed by atoms with Crippen LogP contribution in [0, 0.1) is 18.4 Å². The van der Waals surface area contributed by atoms with Gasteiger partial charge in [-0.2, -0.15) is 0 Å². The van der Waals surface area contributed by atoms with E-state index < -0.39 is 13.7 Å². The van der Waals surface area contributed by atoms with Gasteiger partial charge in [-0.1, -0.05) is 43.8 Å². The van der Waals surface area contributed by atoms with Crippen LogP contribution in [0.25, 0.3) is 10.9 Å². The van der Waals surface area contributed by atoms with Crippen LogP contribution in [-0.2, 0) is 4.74 Å². The lowest BCUT2D eigenvalue weighted by molar-refractivity contribution is 0.0544. The second-order valence-corrected chi connectivity index (χ2v) is 12.6. The van der Waals surface area contributed by atoms with Crippen molar-refractivity contribution in [3.05, 3.63) is 35.5 Å². The maximum Gasteiger partial charge on any atom is 0.419 e. The van der Waals surface area contributed by atoms with Crippen LogP contribution in [0.5, 0.6) is 0 Å². The molecule has 4 heteroatoms. The van der Waals surface area contributed by atoms with Crippen molar-refractivity contribution < 1.29 is 9.53 Å². The van der Waals surface area contributed by atoms with Crippen LogP contribution in [0.3, 0.4) is 0 Å². The van der Waals surface area contributed by atoms with E-state index in [0.29, 0.717) is 0 Å². The summed E-state index contributed by atoms with van der Waals surface area (Å²) in [4.78, 5) is 12.5. The monoisotopic (exact) mass is 327 g/mol. The van der Waals surface area contributed by atoms with E-state index in [1.54, 1.807) is 10.8 Å². The smallest absolute Gasteiger partial charge is 0.419 e. The Hall–Kier alpha value is -1.99. The highest BCUT2D eigenvalue weighted by Gasteiger charge is 2.21. The Morgan fingerprint density at radius 2 is 1.87 bits per heavy atom. The fraction of sp³-hybridized carbons (Fsp3) is 0.421. The number of fused-ring (bicyclic) bond motifs is 1. The summed E-state index contributed by atoms with van der Waals surface area (Å²) in [5.41, 5.74) is 5.65. The number of hydrogen-bond donors (Lipinski definition) is 0. The van der Waals surface area contributed by atoms with Crippen LogP contribution in [0.1, 0.15) is 31.9 Å². The molecule has 1 aromatic heterocycles. The third-order valence-corrected chi connectivity index (χ3v) is 4.06. The predicted molar refractivity (Wildman–Crippen MR) is 98.5 cm³/mol. The normalized spacial score (nSPS) is 12.0. The molecule has 0 amide bonds. The molecule has 2 aromatic rings. The number of aryl methyl sites for hydroxylation is 1. The van der Waals surface area contributed by atoms with Gasteiger partial charge in [0.1, 0.15) is 13.7 Å². The SMILES string of the molecule is Cc1cccc2c(C#C[Si](C)(C)C)cn(C(=O)OC(C)(C)C)c12. The zero-order valence-electron chi connectivity index (χ0n) is 15.1. The van der Waals surface area contributed by atoms with Gasteiger partial charge in [0, 0.05) is 11.6 Å². The van der Waals surface area contributed by atoms with E-state index in [2.05, 4.69) is 31.1 Å². The van der Waals surface area contributed by atoms with Gasteiger partial charge in [-0.05, 0) is 33.3 Å². The van der Waals surface area contributed by atoms with Crippen LogP contribution < -0.4 is 0 Å². The fourth-order valence-corrected chi connectivity index (χ4v) is 2.78. The van der Waals surface area contributed by atoms with E-state index in [4.69, 9.17) is 4.74 Å². The average Bonchev–Trinajstić information content (AvgIpc) is 2.74. The van der Waals surface area contributed by atoms with Crippen LogP contribution in [0.2, 0.25) is 19.6 Å². The maximum atomic E-state index is 12.5. The van der Waals surface area contributed by atoms with Crippen LogP contribution in [0.4, 0.5) is 4.79 Å². The predicted octanol–water partition coefficient (Wildman–Crippen LogP) is 4.96. The largest absolute Gasteiger partial charge is 0.443 e. The summed E-state index contributed by atoms with van der Waals surface area (Å²) in [7, 11) is -1.48. The first kappa shape index (κ1) is 17.4. The van der Waals surface area contributed by atoms with Gasteiger partial charge in [0.15, 0.2) is 0 Å². The molecule has 1 heterocycles. The first-order chi connectivity index (χ1) is 10.5. The standard InChI is InChI=1S/C19H25NO2Si/c1-14-9-8-10-16-15(11-12-23(5,6)7)13-20(17(14)16)18(21)22-19(2,3)4/h8-10,13H,1-7H3. The number of rotatable bonds is 0. The molecule has 0 saturated carbocycles. The third kappa shape index (κ3) is 4.26. The lowest BCUT2D eigenvalue weighted by Gasteiger charge is -2.20. The van der Waals surface area contributed by atoms with Gasteiger partial charge in [-0.3, -0.25) is 4.57 Å². The number of para-hydroxylation sites is 1. The Morgan fingerprint density at radius 3 is 2.43 bits per heavy atom. The summed E-state index contributed by atoms with van der Waals surface area (Å²) in [5, 5.41) is 1.00. The van der Waals surface area contributed by atoms with Crippen molar-refractivity contribution in [1.29, 1.82) is 0 Å². The number of aromatic nitrogens is 1. The molecule has 23 heavy (non-hydrogen) atoms. The summed E-state index contributed by atoms with van der Waals surface area (Å²) < 4.78 is 7.12. The molecule has 0 saturated heterocycles. The van der Waals surface area contributed by atoms with Gasteiger partial charge in [0.2, 0.25) is 0 Å². The van der Waals surface area contributed by atoms with Crippen molar-refractivity contribution in [2.75, 3.05) is 0 Å². The molecule has 1 aromatic carbocycles. The maximum absolute atomic E-state index is 12.5. The number of nitrogens with zero attached hydrogens (tertiary/aromatic N) is 1. The third-order valence-electron chi connectivity index (χ3n) is 3.19. The Labute approximate surface area is 139 Å². The minimum absolute atomic E-state index is 0.363. The van der Waals surface area contributed by atoms with E-state index in [1.807, 2.05) is 45.9 Å². The Balaban J connectivity index is 2.62. The van der Waals surface area contributed by atoms with Gasteiger partial charge < -0.3 is 4.74 Å². The number of carbonyl (C=O) groups is 1. The van der Waals surface area contributed by atoms with Crippen molar-refractivity contribution in [3.63, 3.8) is 0 Å². The molecule has 0 atom stereocenters. The summed E-state index contributed by atoms with van der Waals surface area (Å²) in [6.45, 7) is 14.2. The molecule has 0 aliphatic heterocycles. The molecule has 2 rings (SSSR count). The van der Waals surface area contributed by atoms with Crippen molar-refractivity contribution in [2.45, 2.75) is 52.9 Å². The highest BCUT2D eigenvalue weighted by Crippen LogP contribution is 2.25. The Kier molecular flexibility index (Phi) is 4.45. The molecule has 0 unspecified atom stereocenters. The van der Waals surface area contributed by atoms with Gasteiger partial charge in [-0.15, -0.1) is 5.54 Å². The van der Waals surface area contributed by atoms with Gasteiger partial charge in [0.25, 0.3) is 0 Å². The van der Waals surface area contributed by atoms with Crippen molar-refractivity contribution in [1.82, 2.24) is 4.57 Å². The average molecular weight is 328 g/mol. The number of ether oxygens (including phenoxy) is 1. The minimum atomic E-state index is -1.48. The molecular formula is C19H25NO2Si. The Morgan fingerprint density at radius 1 is 1.22 bits per heavy atom. The minimum Gasteiger partial charge on any atom is -0.443 e. The second-order valence-electron chi connectivity index (χ2n) is 7.86. The molecule has 3 nitrogen and oxygen atoms in total. The highest BCUT2D eigenvalue weighted by atomic mass is 28.3. The first-order valence-corrected chi connectivity index (χ1v) is 11.4. The topological polar surface area (TPSA) is 31.2 Å². The first-order valence-electron chi connectivity index (χ1n) is 7.85. The number of carbonyl (C=O) groups excluding carboxylic acids is 1. The van der Waals surface area contributed by atoms with E-state index in [9.17, 15) is 4.79 Å². The van der Waals surface area contributed by atoms with Crippen LogP contribution in [0.15, 0.2) is 24.4 Å². The quantitative estimate of drug-likeness (QED) is 0.506. The van der Waals surface area contributed by atoms with Gasteiger partial charge >= 0.3 is 6.09 Å². The number of benzene rings is 1. The molecule has 0 fully saturated rings. The molecule has 122 valence electrons. The molecule has 0 spiro atoms. The molecule has 0 N–H and O–H groups in total. The van der Waals surface area contributed by atoms with Crippen molar-refractivity contribution in [3.8, 4) is 11.5 Å². The Bertz CT molecular complexity index is 808. The van der Waals surface area contributed by atoms with E-state index in [-0.39, 0.29) is 6.09 Å². The summed E-state index contributed by atoms with van der Waals surface area (Å²) in [6.07, 6.45) is 1.44. The fourth-order valence-electron chi connectivity index (χ4n) is 2.27. The lowest BCUT2D eigenvalue weighted by atomic mass is 10.1. The highest BCUT2D eigenvalue weighted by molar-refractivity contribution is 6.83. The van der Waals surface area contributed by atoms with Crippen molar-refractivity contribution >= 4 is 25.1 Å². The van der Waals surface area contributed by atoms with E-state index in [1.165, 1.54) is 0 Å². The van der Waals surface area contributed by atoms with Crippen molar-refractivity contribution in [2.24, 2.45) is 0 Å². The summed E-state index contributed by atoms with van der Waals surface area (Å²) in [5.74, 6) is 3.28. The van der Waals surface area contributed by atoms with Gasteiger partial charge in [0.05, 0.1) is 11.1 Å². The van der Waals surface area contributed by atoms with Crippen LogP contribution >= 0.6 is 0 Å². The van der Waals surface area contributed by atoms with E-state index >= 15 is 0 Å². The number of hydrogen-bond acceptors (Lipinski definition) is 2. The second kappa shape index (κ2) is 5.90.